The molecule has 5 aromatic carbocycles. The maximum atomic E-state index is 4.94. The Morgan fingerprint density at radius 1 is 0.596 bits per heavy atom. The Labute approximate surface area is 303 Å². The zero-order valence-corrected chi connectivity index (χ0v) is 29.1. The number of aromatic nitrogens is 2. The first-order chi connectivity index (χ1) is 25.7. The van der Waals surface area contributed by atoms with E-state index >= 15 is 0 Å². The van der Waals surface area contributed by atoms with Crippen LogP contribution >= 0.6 is 0 Å². The molecule has 246 valence electrons. The van der Waals surface area contributed by atoms with Gasteiger partial charge in [0.05, 0.1) is 11.2 Å². The van der Waals surface area contributed by atoms with E-state index in [1.165, 1.54) is 53.9 Å². The number of fused-ring (bicyclic) bond motifs is 4. The van der Waals surface area contributed by atoms with Crippen LogP contribution in [0.25, 0.3) is 85.1 Å². The zero-order valence-electron chi connectivity index (χ0n) is 29.1. The van der Waals surface area contributed by atoms with E-state index in [2.05, 4.69) is 138 Å². The van der Waals surface area contributed by atoms with Gasteiger partial charge < -0.3 is 0 Å². The van der Waals surface area contributed by atoms with E-state index < -0.39 is 0 Å². The van der Waals surface area contributed by atoms with Gasteiger partial charge in [-0.25, -0.2) is 0 Å². The third-order valence-corrected chi connectivity index (χ3v) is 10.2. The molecule has 0 atom stereocenters. The fourth-order valence-corrected chi connectivity index (χ4v) is 7.63. The van der Waals surface area contributed by atoms with E-state index in [1.54, 1.807) is 0 Å². The van der Waals surface area contributed by atoms with Crippen LogP contribution in [0.4, 0.5) is 0 Å². The summed E-state index contributed by atoms with van der Waals surface area (Å²) in [5.41, 5.74) is 11.3. The normalized spacial score (nSPS) is 13.4. The lowest BCUT2D eigenvalue weighted by Crippen LogP contribution is -2.33. The predicted octanol–water partition coefficient (Wildman–Crippen LogP) is 9.11. The van der Waals surface area contributed by atoms with Crippen LogP contribution in [-0.4, -0.2) is 9.97 Å². The van der Waals surface area contributed by atoms with Crippen molar-refractivity contribution in [1.29, 1.82) is 0 Å². The lowest BCUT2D eigenvalue weighted by atomic mass is 9.84. The Bertz CT molecular complexity index is 2910. The number of allylic oxidation sites excluding steroid dienone is 4. The van der Waals surface area contributed by atoms with Gasteiger partial charge in [-0.1, -0.05) is 121 Å². The van der Waals surface area contributed by atoms with Crippen LogP contribution in [0.5, 0.6) is 0 Å². The summed E-state index contributed by atoms with van der Waals surface area (Å²) < 4.78 is 0. The number of benzene rings is 5. The summed E-state index contributed by atoms with van der Waals surface area (Å²) in [7, 11) is 0. The van der Waals surface area contributed by atoms with Crippen LogP contribution in [0.3, 0.4) is 0 Å². The van der Waals surface area contributed by atoms with Crippen molar-refractivity contribution in [2.45, 2.75) is 26.2 Å². The van der Waals surface area contributed by atoms with Crippen molar-refractivity contribution in [2.24, 2.45) is 0 Å². The fraction of sp³-hybridized carbons (Fsp3) is 0.0800. The van der Waals surface area contributed by atoms with Gasteiger partial charge in [0.25, 0.3) is 0 Å². The number of hydrogen-bond acceptors (Lipinski definition) is 2. The molecule has 52 heavy (non-hydrogen) atoms. The minimum Gasteiger partial charge on any atom is -0.256 e. The molecule has 0 amide bonds. The minimum absolute atomic E-state index is 0.874. The summed E-state index contributed by atoms with van der Waals surface area (Å²) in [5.74, 6) is 6.40. The summed E-state index contributed by atoms with van der Waals surface area (Å²) in [6.07, 6.45) is 22.6. The molecule has 2 nitrogen and oxygen atoms in total. The number of nitrogens with zero attached hydrogens (tertiary/aromatic N) is 2. The van der Waals surface area contributed by atoms with Crippen molar-refractivity contribution in [3.05, 3.63) is 172 Å². The highest BCUT2D eigenvalue weighted by Crippen LogP contribution is 2.35. The van der Waals surface area contributed by atoms with E-state index in [9.17, 15) is 0 Å². The molecule has 0 saturated carbocycles. The largest absolute Gasteiger partial charge is 0.256 e. The Morgan fingerprint density at radius 2 is 1.35 bits per heavy atom. The first-order valence-electron chi connectivity index (χ1n) is 18.0. The Kier molecular flexibility index (Phi) is 8.24. The summed E-state index contributed by atoms with van der Waals surface area (Å²) >= 11 is 0. The smallest absolute Gasteiger partial charge is 0.0718 e. The van der Waals surface area contributed by atoms with Gasteiger partial charge in [-0.05, 0) is 128 Å². The average Bonchev–Trinajstić information content (AvgIpc) is 3.43. The molecule has 0 spiro atoms. The maximum Gasteiger partial charge on any atom is 0.0718 e. The lowest BCUT2D eigenvalue weighted by Gasteiger charge is -2.19. The molecule has 0 N–H and O–H groups in total. The monoisotopic (exact) mass is 664 g/mol. The maximum absolute atomic E-state index is 4.94. The van der Waals surface area contributed by atoms with Crippen molar-refractivity contribution in [3.8, 4) is 45.4 Å². The summed E-state index contributed by atoms with van der Waals surface area (Å²) in [4.78, 5) is 9.61. The molecule has 2 aliphatic rings. The zero-order chi connectivity index (χ0) is 34.9. The van der Waals surface area contributed by atoms with Gasteiger partial charge in [0, 0.05) is 34.5 Å². The van der Waals surface area contributed by atoms with Gasteiger partial charge in [-0.2, -0.15) is 0 Å². The summed E-state index contributed by atoms with van der Waals surface area (Å²) in [6.45, 7) is 1.99. The molecule has 7 aromatic rings. The number of para-hydroxylation sites is 1. The van der Waals surface area contributed by atoms with Crippen molar-refractivity contribution >= 4 is 51.6 Å². The highest BCUT2D eigenvalue weighted by Gasteiger charge is 2.18. The topological polar surface area (TPSA) is 25.8 Å². The lowest BCUT2D eigenvalue weighted by molar-refractivity contribution is 1.12. The molecule has 0 aliphatic heterocycles. The van der Waals surface area contributed by atoms with Crippen molar-refractivity contribution in [2.75, 3.05) is 0 Å². The molecule has 2 aliphatic carbocycles. The van der Waals surface area contributed by atoms with E-state index in [4.69, 9.17) is 4.98 Å². The van der Waals surface area contributed by atoms with Crippen LogP contribution in [-0.2, 0) is 0 Å². The summed E-state index contributed by atoms with van der Waals surface area (Å²) in [5, 5.41) is 8.84. The molecule has 2 aromatic heterocycles. The van der Waals surface area contributed by atoms with Crippen LogP contribution in [0.1, 0.15) is 37.3 Å². The van der Waals surface area contributed by atoms with Gasteiger partial charge in [-0.3, -0.25) is 9.97 Å². The standard InChI is InChI=1S/C50H36N2/c1-2-3-4-11-34-18-20-37(21-19-34)50-44-16-9-8-15-43(44)49(38-24-22-35-12-5-6-13-36(35)23-25-38)45-28-26-39(31-46(45)50)41-27-29-48(51-32-41)42-30-40-14-7-10-17-47(40)52-33-42/h2-3,5-7,10,12-24,26-33H,8-9,25H2,1H3/b3-2-. The Hall–Kier alpha value is -6.56. The van der Waals surface area contributed by atoms with Gasteiger partial charge in [0.15, 0.2) is 0 Å². The van der Waals surface area contributed by atoms with E-state index in [-0.39, 0.29) is 0 Å². The fourth-order valence-electron chi connectivity index (χ4n) is 7.63. The third kappa shape index (κ3) is 5.87. The number of rotatable bonds is 4. The molecule has 0 unspecified atom stereocenters. The van der Waals surface area contributed by atoms with Crippen molar-refractivity contribution in [1.82, 2.24) is 9.97 Å². The molecule has 0 saturated heterocycles. The van der Waals surface area contributed by atoms with E-state index in [0.717, 1.165) is 58.1 Å². The van der Waals surface area contributed by atoms with E-state index in [1.807, 2.05) is 49.7 Å². The van der Waals surface area contributed by atoms with Crippen LogP contribution in [0, 0.1) is 11.8 Å². The molecule has 0 radical (unpaired) electrons. The van der Waals surface area contributed by atoms with Crippen LogP contribution in [0.15, 0.2) is 140 Å². The molecule has 2 heterocycles. The minimum atomic E-state index is 0.874. The van der Waals surface area contributed by atoms with Gasteiger partial charge in [0.2, 0.25) is 0 Å². The van der Waals surface area contributed by atoms with Crippen LogP contribution < -0.4 is 20.9 Å². The SMILES string of the molecule is C/C=C\C#Cc1ccc(-c2c3c(c(C4=CC=c5ccccc5=CC4)c4ccc(-c5ccc(-c6cnc7ccccc7c6)nc5)cc24)=CCCC=3)cc1. The average molecular weight is 665 g/mol. The highest BCUT2D eigenvalue weighted by atomic mass is 14.7. The van der Waals surface area contributed by atoms with Gasteiger partial charge >= 0.3 is 0 Å². The predicted molar refractivity (Wildman–Crippen MR) is 220 cm³/mol. The quantitative estimate of drug-likeness (QED) is 0.176. The second kappa shape index (κ2) is 13.6. The van der Waals surface area contributed by atoms with Crippen molar-refractivity contribution in [3.63, 3.8) is 0 Å². The molecule has 9 rings (SSSR count). The first-order valence-corrected chi connectivity index (χ1v) is 18.0. The van der Waals surface area contributed by atoms with Crippen LogP contribution in [0.2, 0.25) is 0 Å². The van der Waals surface area contributed by atoms with E-state index in [0.29, 0.717) is 0 Å². The number of pyridine rings is 2. The summed E-state index contributed by atoms with van der Waals surface area (Å²) in [6, 6.07) is 39.1. The molecular weight excluding hydrogens is 629 g/mol. The first kappa shape index (κ1) is 31.4. The number of hydrogen-bond donors (Lipinski definition) is 0. The molecule has 2 heteroatoms. The van der Waals surface area contributed by atoms with Gasteiger partial charge in [-0.15, -0.1) is 0 Å². The highest BCUT2D eigenvalue weighted by molar-refractivity contribution is 6.06. The second-order valence-electron chi connectivity index (χ2n) is 13.4. The second-order valence-corrected chi connectivity index (χ2v) is 13.4. The van der Waals surface area contributed by atoms with Crippen molar-refractivity contribution < 1.29 is 0 Å². The molecular formula is C50H36N2. The molecule has 0 bridgehead atoms. The molecule has 0 fully saturated rings. The third-order valence-electron chi connectivity index (χ3n) is 10.2. The van der Waals surface area contributed by atoms with Gasteiger partial charge in [0.1, 0.15) is 0 Å². The Morgan fingerprint density at radius 3 is 2.17 bits per heavy atom. The Balaban J connectivity index is 1.23.